The highest BCUT2D eigenvalue weighted by Gasteiger charge is 2.52. The van der Waals surface area contributed by atoms with Gasteiger partial charge in [0.15, 0.2) is 5.75 Å². The Bertz CT molecular complexity index is 740. The van der Waals surface area contributed by atoms with Crippen LogP contribution < -0.4 is 10.1 Å². The Labute approximate surface area is 135 Å². The molecule has 3 heterocycles. The summed E-state index contributed by atoms with van der Waals surface area (Å²) in [6, 6.07) is 9.68. The number of hydrogen-bond acceptors (Lipinski definition) is 4. The molecular weight excluding hydrogens is 292 g/mol. The van der Waals surface area contributed by atoms with Crippen LogP contribution in [0, 0.1) is 5.92 Å². The average molecular weight is 314 g/mol. The Kier molecular flexibility index (Phi) is 3.10. The Morgan fingerprint density at radius 3 is 2.74 bits per heavy atom. The van der Waals surface area contributed by atoms with Gasteiger partial charge in [0.1, 0.15) is 5.60 Å². The highest BCUT2D eigenvalue weighted by molar-refractivity contribution is 5.57. The summed E-state index contributed by atoms with van der Waals surface area (Å²) in [4.78, 5) is 0. The molecule has 0 spiro atoms. The van der Waals surface area contributed by atoms with Gasteiger partial charge in [-0.2, -0.15) is 0 Å². The molecule has 5 heteroatoms. The van der Waals surface area contributed by atoms with E-state index >= 15 is 0 Å². The molecule has 1 aromatic heterocycles. The van der Waals surface area contributed by atoms with Gasteiger partial charge in [0.05, 0.1) is 18.2 Å². The van der Waals surface area contributed by atoms with Crippen molar-refractivity contribution < 1.29 is 14.9 Å². The number of nitrogens with zero attached hydrogens (tertiary/aromatic N) is 1. The number of aromatic hydroxyl groups is 2. The Balaban J connectivity index is 1.73. The number of ether oxygens (including phenoxy) is 1. The standard InChI is InChI=1S/C18H22N2O3/c1-11-8-18(2)15(19-9-11)13-14(23-18)17(22)20(16(13)21)10-12-6-4-3-5-7-12/h3-7,11,15,19,21-22H,8-10H2,1-2H3/t11-,15+,18+/m1/s1. The van der Waals surface area contributed by atoms with Crippen molar-refractivity contribution in [2.45, 2.75) is 38.5 Å². The van der Waals surface area contributed by atoms with Crippen molar-refractivity contribution in [3.8, 4) is 17.5 Å². The van der Waals surface area contributed by atoms with Gasteiger partial charge < -0.3 is 20.3 Å². The molecule has 0 unspecified atom stereocenters. The number of nitrogens with one attached hydrogen (secondary N) is 1. The smallest absolute Gasteiger partial charge is 0.238 e. The Morgan fingerprint density at radius 1 is 1.26 bits per heavy atom. The summed E-state index contributed by atoms with van der Waals surface area (Å²) >= 11 is 0. The molecule has 1 saturated heterocycles. The fourth-order valence-electron chi connectivity index (χ4n) is 4.02. The molecule has 2 aliphatic heterocycles. The second-order valence-corrected chi connectivity index (χ2v) is 7.03. The van der Waals surface area contributed by atoms with Gasteiger partial charge in [-0.25, -0.2) is 0 Å². The topological polar surface area (TPSA) is 66.7 Å². The van der Waals surface area contributed by atoms with Crippen LogP contribution in [0.4, 0.5) is 0 Å². The molecule has 0 aliphatic carbocycles. The van der Waals surface area contributed by atoms with Crippen LogP contribution in [0.3, 0.4) is 0 Å². The third-order valence-electron chi connectivity index (χ3n) is 5.04. The zero-order valence-electron chi connectivity index (χ0n) is 13.4. The normalized spacial score (nSPS) is 29.0. The zero-order chi connectivity index (χ0) is 16.2. The molecule has 1 aromatic carbocycles. The van der Waals surface area contributed by atoms with Crippen molar-refractivity contribution in [1.82, 2.24) is 9.88 Å². The van der Waals surface area contributed by atoms with E-state index in [9.17, 15) is 10.2 Å². The molecule has 1 fully saturated rings. The van der Waals surface area contributed by atoms with Crippen molar-refractivity contribution >= 4 is 0 Å². The molecule has 122 valence electrons. The highest BCUT2D eigenvalue weighted by atomic mass is 16.5. The van der Waals surface area contributed by atoms with E-state index in [2.05, 4.69) is 12.2 Å². The molecule has 3 atom stereocenters. The molecule has 0 amide bonds. The molecule has 4 rings (SSSR count). The molecule has 2 aliphatic rings. The van der Waals surface area contributed by atoms with Crippen LogP contribution in [-0.4, -0.2) is 26.9 Å². The minimum absolute atomic E-state index is 0.00595. The number of fused-ring (bicyclic) bond motifs is 3. The third-order valence-corrected chi connectivity index (χ3v) is 5.04. The van der Waals surface area contributed by atoms with Gasteiger partial charge in [0.2, 0.25) is 11.8 Å². The number of rotatable bonds is 2. The van der Waals surface area contributed by atoms with Crippen LogP contribution >= 0.6 is 0 Å². The molecule has 0 bridgehead atoms. The lowest BCUT2D eigenvalue weighted by atomic mass is 9.81. The largest absolute Gasteiger partial charge is 0.494 e. The first-order valence-corrected chi connectivity index (χ1v) is 8.10. The predicted molar refractivity (Wildman–Crippen MR) is 86.9 cm³/mol. The lowest BCUT2D eigenvalue weighted by Gasteiger charge is -2.39. The summed E-state index contributed by atoms with van der Waals surface area (Å²) in [5, 5.41) is 24.7. The van der Waals surface area contributed by atoms with Crippen LogP contribution in [0.2, 0.25) is 0 Å². The van der Waals surface area contributed by atoms with E-state index in [-0.39, 0.29) is 17.8 Å². The maximum Gasteiger partial charge on any atom is 0.238 e. The molecule has 3 N–H and O–H groups in total. The van der Waals surface area contributed by atoms with Crippen molar-refractivity contribution in [3.63, 3.8) is 0 Å². The maximum atomic E-state index is 10.7. The fourth-order valence-corrected chi connectivity index (χ4v) is 4.02. The minimum Gasteiger partial charge on any atom is -0.494 e. The van der Waals surface area contributed by atoms with Crippen LogP contribution in [-0.2, 0) is 6.54 Å². The molecule has 5 nitrogen and oxygen atoms in total. The highest BCUT2D eigenvalue weighted by Crippen LogP contribution is 2.56. The first-order chi connectivity index (χ1) is 11.0. The molecule has 23 heavy (non-hydrogen) atoms. The van der Waals surface area contributed by atoms with E-state index in [1.54, 1.807) is 0 Å². The van der Waals surface area contributed by atoms with E-state index in [4.69, 9.17) is 4.74 Å². The minimum atomic E-state index is -0.414. The lowest BCUT2D eigenvalue weighted by molar-refractivity contribution is 0.0235. The summed E-state index contributed by atoms with van der Waals surface area (Å²) in [5.74, 6) is 1.03. The number of benzene rings is 1. The lowest BCUT2D eigenvalue weighted by Crippen LogP contribution is -2.49. The van der Waals surface area contributed by atoms with Gasteiger partial charge in [0, 0.05) is 0 Å². The van der Waals surface area contributed by atoms with Crippen LogP contribution in [0.5, 0.6) is 17.5 Å². The molecule has 0 radical (unpaired) electrons. The van der Waals surface area contributed by atoms with Gasteiger partial charge in [-0.15, -0.1) is 0 Å². The maximum absolute atomic E-state index is 10.7. The van der Waals surface area contributed by atoms with Crippen LogP contribution in [0.25, 0.3) is 0 Å². The number of aromatic nitrogens is 1. The van der Waals surface area contributed by atoms with E-state index in [1.807, 2.05) is 37.3 Å². The molecule has 0 saturated carbocycles. The van der Waals surface area contributed by atoms with E-state index in [0.717, 1.165) is 18.5 Å². The van der Waals surface area contributed by atoms with Gasteiger partial charge >= 0.3 is 0 Å². The van der Waals surface area contributed by atoms with Crippen LogP contribution in [0.1, 0.15) is 37.4 Å². The predicted octanol–water partition coefficient (Wildman–Crippen LogP) is 2.77. The average Bonchev–Trinajstić information content (AvgIpc) is 2.94. The number of piperidine rings is 1. The summed E-state index contributed by atoms with van der Waals surface area (Å²) in [7, 11) is 0. The monoisotopic (exact) mass is 314 g/mol. The third kappa shape index (κ3) is 2.10. The van der Waals surface area contributed by atoms with Gasteiger partial charge in [-0.1, -0.05) is 37.3 Å². The van der Waals surface area contributed by atoms with Crippen molar-refractivity contribution in [2.75, 3.05) is 6.54 Å². The van der Waals surface area contributed by atoms with Gasteiger partial charge in [-0.3, -0.25) is 4.57 Å². The van der Waals surface area contributed by atoms with E-state index in [0.29, 0.717) is 23.8 Å². The molecular formula is C18H22N2O3. The summed E-state index contributed by atoms with van der Waals surface area (Å²) in [5.41, 5.74) is 1.29. The summed E-state index contributed by atoms with van der Waals surface area (Å²) in [6.07, 6.45) is 0.900. The second-order valence-electron chi connectivity index (χ2n) is 7.03. The van der Waals surface area contributed by atoms with Gasteiger partial charge in [-0.05, 0) is 31.4 Å². The molecule has 2 aromatic rings. The second kappa shape index (κ2) is 4.93. The summed E-state index contributed by atoms with van der Waals surface area (Å²) < 4.78 is 7.62. The van der Waals surface area contributed by atoms with Crippen molar-refractivity contribution in [3.05, 3.63) is 41.5 Å². The number of hydrogen-bond donors (Lipinski definition) is 3. The Morgan fingerprint density at radius 2 is 2.00 bits per heavy atom. The summed E-state index contributed by atoms with van der Waals surface area (Å²) in [6.45, 7) is 5.51. The first kappa shape index (κ1) is 14.5. The Hall–Kier alpha value is -2.14. The SMILES string of the molecule is C[C@H]1CN[C@H]2c3c(c(O)n(Cc4ccccc4)c3O)O[C@@]2(C)C1. The van der Waals surface area contributed by atoms with E-state index in [1.165, 1.54) is 4.57 Å². The van der Waals surface area contributed by atoms with Crippen LogP contribution in [0.15, 0.2) is 30.3 Å². The van der Waals surface area contributed by atoms with Gasteiger partial charge in [0.25, 0.3) is 0 Å². The van der Waals surface area contributed by atoms with Crippen molar-refractivity contribution in [1.29, 1.82) is 0 Å². The van der Waals surface area contributed by atoms with E-state index < -0.39 is 5.60 Å². The fraction of sp³-hybridized carbons (Fsp3) is 0.444. The quantitative estimate of drug-likeness (QED) is 0.797. The van der Waals surface area contributed by atoms with Crippen molar-refractivity contribution in [2.24, 2.45) is 5.92 Å². The zero-order valence-corrected chi connectivity index (χ0v) is 13.4. The first-order valence-electron chi connectivity index (χ1n) is 8.10.